The molecule has 298 valence electrons. The second-order valence-corrected chi connectivity index (χ2v) is 16.7. The minimum Gasteiger partial charge on any atom is -1.00 e. The number of aryl methyl sites for hydroxylation is 2. The van der Waals surface area contributed by atoms with Crippen molar-refractivity contribution >= 4 is 51.0 Å². The van der Waals surface area contributed by atoms with Crippen LogP contribution in [0.25, 0.3) is 44.6 Å². The highest BCUT2D eigenvalue weighted by molar-refractivity contribution is 7.86. The maximum Gasteiger partial charge on any atom is 0.430 e. The molecule has 4 aromatic rings. The van der Waals surface area contributed by atoms with Gasteiger partial charge in [-0.3, -0.25) is 0 Å². The lowest BCUT2D eigenvalue weighted by molar-refractivity contribution is -0.344. The van der Waals surface area contributed by atoms with Gasteiger partial charge < -0.3 is 35.7 Å². The van der Waals surface area contributed by atoms with Gasteiger partial charge in [-0.15, -0.1) is 0 Å². The van der Waals surface area contributed by atoms with E-state index in [-0.39, 0.29) is 12.4 Å². The van der Waals surface area contributed by atoms with Crippen molar-refractivity contribution in [3.05, 3.63) is 161 Å². The second kappa shape index (κ2) is 17.7. The normalized spacial score (nSPS) is 11.3. The van der Waals surface area contributed by atoms with Crippen molar-refractivity contribution in [2.24, 2.45) is 0 Å². The van der Waals surface area contributed by atoms with Crippen molar-refractivity contribution < 1.29 is 48.9 Å². The molecule has 0 aromatic heterocycles. The summed E-state index contributed by atoms with van der Waals surface area (Å²) in [5, 5.41) is 15.5. The summed E-state index contributed by atoms with van der Waals surface area (Å²) in [7, 11) is 4.89. The van der Waals surface area contributed by atoms with Gasteiger partial charge in [0.15, 0.2) is 7.14 Å². The number of hydrogen-bond acceptors (Lipinski definition) is 5. The third kappa shape index (κ3) is 9.25. The molecule has 2 heterocycles. The van der Waals surface area contributed by atoms with E-state index in [0.717, 1.165) is 76.8 Å². The fourth-order valence-electron chi connectivity index (χ4n) is 6.41. The second-order valence-electron chi connectivity index (χ2n) is 14.0. The summed E-state index contributed by atoms with van der Waals surface area (Å²) in [6.07, 6.45) is -5.19. The molecular weight excluding hydrogens is 784 g/mol. The van der Waals surface area contributed by atoms with Crippen LogP contribution in [0.15, 0.2) is 148 Å². The summed E-state index contributed by atoms with van der Waals surface area (Å²) in [6, 6.07) is 46.6. The fraction of sp³-hybridized carbons (Fsp3) is 0.152. The Morgan fingerprint density at radius 3 is 1.64 bits per heavy atom. The standard InChI is InChI=1S/C28H25NO2P.C16H16NO.C2HF3O2.ClH/c1-20-14-16-24-26(18-20)31-27-19-21(29(2)3)15-17-25(27)28(24)32(30,22-10-6-4-7-11-22)23-12-8-5-9-13-23;1-11-4-5-12-9-13-6-7-14(17(2)3)10-16(13)18-15(12)8-11;3-2(4,5)1(6)7;/h4-19H,1-3H3;4-10H,1-3H3;(H,6,7);1H/q2*+1;;/p-2. The molecular formula is C46H41ClF3N2O5P. The largest absolute Gasteiger partial charge is 1.00 e. The number of alkyl halides is 3. The summed E-state index contributed by atoms with van der Waals surface area (Å²) in [6.45, 7) is 4.12. The lowest BCUT2D eigenvalue weighted by Crippen LogP contribution is -3.00. The van der Waals surface area contributed by atoms with Crippen LogP contribution in [0.3, 0.4) is 0 Å². The molecule has 0 bridgehead atoms. The van der Waals surface area contributed by atoms with E-state index in [1.54, 1.807) is 0 Å². The molecule has 0 saturated carbocycles. The average Bonchev–Trinajstić information content (AvgIpc) is 3.19. The minimum atomic E-state index is -5.19. The highest BCUT2D eigenvalue weighted by atomic mass is 35.5. The molecule has 0 unspecified atom stereocenters. The number of carboxylic acids is 1. The van der Waals surface area contributed by atoms with E-state index in [1.807, 2.05) is 125 Å². The Kier molecular flexibility index (Phi) is 13.2. The zero-order valence-electron chi connectivity index (χ0n) is 32.7. The van der Waals surface area contributed by atoms with Crippen LogP contribution in [-0.2, 0) is 9.36 Å². The summed E-state index contributed by atoms with van der Waals surface area (Å²) in [5.41, 5.74) is 6.02. The Morgan fingerprint density at radius 1 is 0.621 bits per heavy atom. The average molecular weight is 825 g/mol. The van der Waals surface area contributed by atoms with Crippen molar-refractivity contribution in [3.8, 4) is 22.6 Å². The number of aliphatic carboxylic acids is 1. The SMILES string of the molecule is Cc1ccc2c(P(=O)(c3ccccc3)c3ccccc3)c3ccc(=[N+](C)C)cc-3oc2c1.Cc1ccc2cc3ccc(=[N+](C)C)cc-3oc2c1.O=C([O-])C(F)(F)F.[Cl-]. The number of halogens is 4. The molecule has 0 spiro atoms. The zero-order valence-corrected chi connectivity index (χ0v) is 34.3. The Morgan fingerprint density at radius 2 is 1.10 bits per heavy atom. The lowest BCUT2D eigenvalue weighted by atomic mass is 10.1. The summed E-state index contributed by atoms with van der Waals surface area (Å²) in [4.78, 5) is 8.78. The smallest absolute Gasteiger partial charge is 0.430 e. The van der Waals surface area contributed by atoms with Crippen molar-refractivity contribution in [1.29, 1.82) is 0 Å². The Balaban J connectivity index is 0.000000207. The van der Waals surface area contributed by atoms with Gasteiger partial charge in [0.2, 0.25) is 10.7 Å². The van der Waals surface area contributed by atoms with Gasteiger partial charge in [-0.2, -0.15) is 13.2 Å². The van der Waals surface area contributed by atoms with Gasteiger partial charge >= 0.3 is 6.18 Å². The highest BCUT2D eigenvalue weighted by Gasteiger charge is 2.35. The van der Waals surface area contributed by atoms with Crippen LogP contribution in [0.1, 0.15) is 11.1 Å². The Hall–Kier alpha value is -5.96. The van der Waals surface area contributed by atoms with E-state index in [9.17, 15) is 13.2 Å². The van der Waals surface area contributed by atoms with E-state index < -0.39 is 19.3 Å². The quantitative estimate of drug-likeness (QED) is 0.154. The van der Waals surface area contributed by atoms with E-state index in [4.69, 9.17) is 18.7 Å². The van der Waals surface area contributed by atoms with Gasteiger partial charge in [0, 0.05) is 49.9 Å². The van der Waals surface area contributed by atoms with Crippen LogP contribution >= 0.6 is 7.14 Å². The zero-order chi connectivity index (χ0) is 41.1. The fourth-order valence-corrected chi connectivity index (χ4v) is 9.46. The van der Waals surface area contributed by atoms with E-state index in [2.05, 4.69) is 66.1 Å². The monoisotopic (exact) mass is 824 g/mol. The molecule has 2 aliphatic carbocycles. The predicted molar refractivity (Wildman–Crippen MR) is 220 cm³/mol. The van der Waals surface area contributed by atoms with Gasteiger partial charge in [-0.25, -0.2) is 9.15 Å². The van der Waals surface area contributed by atoms with Gasteiger partial charge in [0.1, 0.15) is 56.8 Å². The molecule has 0 saturated heterocycles. The minimum absolute atomic E-state index is 0. The number of carbonyl (C=O) groups excluding carboxylic acids is 1. The number of hydrogen-bond donors (Lipinski definition) is 0. The number of nitrogens with zero attached hydrogens (tertiary/aromatic N) is 2. The van der Waals surface area contributed by atoms with Crippen LogP contribution in [-0.4, -0.2) is 40.3 Å². The molecule has 0 fully saturated rings. The maximum absolute atomic E-state index is 15.3. The first kappa shape index (κ1) is 43.2. The van der Waals surface area contributed by atoms with E-state index >= 15 is 4.57 Å². The molecule has 4 aromatic carbocycles. The summed E-state index contributed by atoms with van der Waals surface area (Å²) < 4.78 is 63.3. The third-order valence-corrected chi connectivity index (χ3v) is 12.5. The molecule has 8 rings (SSSR count). The van der Waals surface area contributed by atoms with Gasteiger partial charge in [0.25, 0.3) is 0 Å². The summed E-state index contributed by atoms with van der Waals surface area (Å²) in [5.74, 6) is -1.34. The summed E-state index contributed by atoms with van der Waals surface area (Å²) >= 11 is 0. The predicted octanol–water partition coefficient (Wildman–Crippen LogP) is 3.70. The first-order chi connectivity index (χ1) is 27.1. The van der Waals surface area contributed by atoms with Gasteiger partial charge in [-0.05, 0) is 55.3 Å². The topological polar surface area (TPSA) is 89.5 Å². The first-order valence-corrected chi connectivity index (χ1v) is 19.7. The lowest BCUT2D eigenvalue weighted by Gasteiger charge is -2.25. The molecule has 0 atom stereocenters. The molecule has 2 aliphatic heterocycles. The van der Waals surface area contributed by atoms with Crippen LogP contribution < -0.4 is 53.3 Å². The first-order valence-electron chi connectivity index (χ1n) is 18.0. The number of carboxylic acid groups (broad SMARTS) is 1. The number of rotatable bonds is 3. The van der Waals surface area contributed by atoms with Crippen LogP contribution in [0.5, 0.6) is 0 Å². The maximum atomic E-state index is 15.3. The molecule has 4 aliphatic rings. The molecule has 7 nitrogen and oxygen atoms in total. The van der Waals surface area contributed by atoms with Crippen LogP contribution in [0.2, 0.25) is 0 Å². The van der Waals surface area contributed by atoms with E-state index in [1.165, 1.54) is 5.56 Å². The molecule has 58 heavy (non-hydrogen) atoms. The molecule has 12 heteroatoms. The van der Waals surface area contributed by atoms with Crippen molar-refractivity contribution in [2.75, 3.05) is 28.2 Å². The van der Waals surface area contributed by atoms with Gasteiger partial charge in [0.05, 0.1) is 12.1 Å². The highest BCUT2D eigenvalue weighted by Crippen LogP contribution is 2.48. The van der Waals surface area contributed by atoms with Gasteiger partial charge in [-0.1, -0.05) is 84.9 Å². The number of fused-ring (bicyclic) bond motifs is 4. The number of carbonyl (C=O) groups is 1. The molecule has 0 amide bonds. The van der Waals surface area contributed by atoms with Crippen molar-refractivity contribution in [2.45, 2.75) is 20.0 Å². The van der Waals surface area contributed by atoms with E-state index in [0.29, 0.717) is 0 Å². The molecule has 0 N–H and O–H groups in total. The van der Waals surface area contributed by atoms with Crippen molar-refractivity contribution in [1.82, 2.24) is 9.15 Å². The van der Waals surface area contributed by atoms with Crippen molar-refractivity contribution in [3.63, 3.8) is 0 Å². The molecule has 0 radical (unpaired) electrons. The number of benzene rings is 6. The Labute approximate surface area is 340 Å². The van der Waals surface area contributed by atoms with Crippen LogP contribution in [0, 0.1) is 13.8 Å². The Bertz CT molecular complexity index is 2820. The third-order valence-electron chi connectivity index (χ3n) is 9.35. The van der Waals surface area contributed by atoms with Crippen LogP contribution in [0.4, 0.5) is 13.2 Å².